The molecule has 0 fully saturated rings. The summed E-state index contributed by atoms with van der Waals surface area (Å²) < 4.78 is 1.45. The number of rotatable bonds is 3. The number of aromatic nitrogens is 2. The molecular weight excluding hydrogens is 246 g/mol. The maximum Gasteiger partial charge on any atom is 0.266 e. The van der Waals surface area contributed by atoms with E-state index in [0.29, 0.717) is 23.9 Å². The molecule has 0 bridgehead atoms. The average Bonchev–Trinajstić information content (AvgIpc) is 2.37. The highest BCUT2D eigenvalue weighted by molar-refractivity contribution is 5.78. The maximum absolute atomic E-state index is 12.2. The van der Waals surface area contributed by atoms with Crippen LogP contribution < -0.4 is 11.1 Å². The highest BCUT2D eigenvalue weighted by Crippen LogP contribution is 2.06. The Labute approximate surface area is 108 Å². The van der Waals surface area contributed by atoms with E-state index < -0.39 is 11.7 Å². The summed E-state index contributed by atoms with van der Waals surface area (Å²) in [5.74, 6) is 0. The molecule has 2 rings (SSSR count). The molecule has 0 saturated heterocycles. The lowest BCUT2D eigenvalue weighted by Gasteiger charge is -2.08. The number of pyridine rings is 2. The molecule has 98 valence electrons. The van der Waals surface area contributed by atoms with Crippen molar-refractivity contribution < 1.29 is 5.11 Å². The summed E-state index contributed by atoms with van der Waals surface area (Å²) in [4.78, 5) is 26.1. The third-order valence-electron chi connectivity index (χ3n) is 2.89. The Morgan fingerprint density at radius 3 is 2.89 bits per heavy atom. The van der Waals surface area contributed by atoms with Gasteiger partial charge in [-0.15, -0.1) is 0 Å². The SMILES string of the molecule is C[C@H](O)CCn1ccc2[nH]c(=O)c(C#N)cc2c1=O. The summed E-state index contributed by atoms with van der Waals surface area (Å²) in [5.41, 5.74) is -0.470. The number of aliphatic hydroxyl groups is 1. The predicted octanol–water partition coefficient (Wildman–Crippen LogP) is 0.332. The van der Waals surface area contributed by atoms with Crippen molar-refractivity contribution >= 4 is 10.9 Å². The second kappa shape index (κ2) is 5.08. The number of H-pyrrole nitrogens is 1. The number of hydrogen-bond donors (Lipinski definition) is 2. The molecule has 1 atom stereocenters. The third kappa shape index (κ3) is 2.56. The number of aliphatic hydroxyl groups excluding tert-OH is 1. The molecule has 0 spiro atoms. The van der Waals surface area contributed by atoms with Crippen LogP contribution in [0.15, 0.2) is 27.9 Å². The molecule has 0 aliphatic rings. The van der Waals surface area contributed by atoms with E-state index >= 15 is 0 Å². The van der Waals surface area contributed by atoms with E-state index in [2.05, 4.69) is 4.98 Å². The predicted molar refractivity (Wildman–Crippen MR) is 69.8 cm³/mol. The second-order valence-electron chi connectivity index (χ2n) is 4.40. The fourth-order valence-electron chi connectivity index (χ4n) is 1.82. The summed E-state index contributed by atoms with van der Waals surface area (Å²) in [6, 6.07) is 4.67. The molecule has 0 aliphatic heterocycles. The van der Waals surface area contributed by atoms with E-state index in [1.54, 1.807) is 25.3 Å². The van der Waals surface area contributed by atoms with Crippen molar-refractivity contribution in [2.45, 2.75) is 26.0 Å². The molecule has 0 unspecified atom stereocenters. The van der Waals surface area contributed by atoms with Crippen molar-refractivity contribution in [3.63, 3.8) is 0 Å². The zero-order chi connectivity index (χ0) is 14.0. The van der Waals surface area contributed by atoms with Crippen LogP contribution in [0.1, 0.15) is 18.9 Å². The van der Waals surface area contributed by atoms with Gasteiger partial charge < -0.3 is 14.7 Å². The van der Waals surface area contributed by atoms with Crippen LogP contribution in [0.4, 0.5) is 0 Å². The van der Waals surface area contributed by atoms with Gasteiger partial charge in [0.05, 0.1) is 17.0 Å². The summed E-state index contributed by atoms with van der Waals surface area (Å²) in [6.07, 6.45) is 1.53. The number of nitrogens with zero attached hydrogens (tertiary/aromatic N) is 2. The van der Waals surface area contributed by atoms with Crippen molar-refractivity contribution in [2.24, 2.45) is 0 Å². The molecule has 6 heteroatoms. The maximum atomic E-state index is 12.2. The molecule has 0 aromatic carbocycles. The average molecular weight is 259 g/mol. The van der Waals surface area contributed by atoms with Gasteiger partial charge in [0.1, 0.15) is 11.6 Å². The Morgan fingerprint density at radius 1 is 1.53 bits per heavy atom. The van der Waals surface area contributed by atoms with Crippen LogP contribution in [0.25, 0.3) is 10.9 Å². The molecule has 0 saturated carbocycles. The zero-order valence-electron chi connectivity index (χ0n) is 10.4. The molecule has 2 heterocycles. The first-order chi connectivity index (χ1) is 9.02. The summed E-state index contributed by atoms with van der Waals surface area (Å²) in [6.45, 7) is 2.03. The van der Waals surface area contributed by atoms with E-state index in [1.165, 1.54) is 10.6 Å². The molecule has 2 N–H and O–H groups in total. The molecule has 6 nitrogen and oxygen atoms in total. The van der Waals surface area contributed by atoms with Gasteiger partial charge in [-0.25, -0.2) is 0 Å². The second-order valence-corrected chi connectivity index (χ2v) is 4.40. The van der Waals surface area contributed by atoms with Crippen molar-refractivity contribution in [1.29, 1.82) is 5.26 Å². The van der Waals surface area contributed by atoms with Crippen molar-refractivity contribution in [3.05, 3.63) is 44.6 Å². The Morgan fingerprint density at radius 2 is 2.26 bits per heavy atom. The van der Waals surface area contributed by atoms with Gasteiger partial charge in [0.25, 0.3) is 11.1 Å². The largest absolute Gasteiger partial charge is 0.393 e. The molecule has 2 aromatic rings. The van der Waals surface area contributed by atoms with E-state index in [-0.39, 0.29) is 11.1 Å². The van der Waals surface area contributed by atoms with Crippen LogP contribution >= 0.6 is 0 Å². The van der Waals surface area contributed by atoms with Crippen molar-refractivity contribution in [2.75, 3.05) is 0 Å². The number of fused-ring (bicyclic) bond motifs is 1. The summed E-state index contributed by atoms with van der Waals surface area (Å²) in [7, 11) is 0. The van der Waals surface area contributed by atoms with Crippen molar-refractivity contribution in [1.82, 2.24) is 9.55 Å². The highest BCUT2D eigenvalue weighted by Gasteiger charge is 2.07. The van der Waals surface area contributed by atoms with Gasteiger partial charge >= 0.3 is 0 Å². The lowest BCUT2D eigenvalue weighted by Crippen LogP contribution is -2.23. The number of nitriles is 1. The van der Waals surface area contributed by atoms with Gasteiger partial charge in [-0.1, -0.05) is 0 Å². The van der Waals surface area contributed by atoms with Crippen LogP contribution in [-0.2, 0) is 6.54 Å². The zero-order valence-corrected chi connectivity index (χ0v) is 10.4. The fraction of sp³-hybridized carbons (Fsp3) is 0.308. The lowest BCUT2D eigenvalue weighted by atomic mass is 10.2. The van der Waals surface area contributed by atoms with E-state index in [9.17, 15) is 14.7 Å². The van der Waals surface area contributed by atoms with E-state index in [0.717, 1.165) is 0 Å². The molecule has 0 radical (unpaired) electrons. The van der Waals surface area contributed by atoms with Gasteiger partial charge in [-0.2, -0.15) is 5.26 Å². The van der Waals surface area contributed by atoms with Crippen LogP contribution in [0, 0.1) is 11.3 Å². The van der Waals surface area contributed by atoms with E-state index in [1.807, 2.05) is 0 Å². The first kappa shape index (κ1) is 13.1. The third-order valence-corrected chi connectivity index (χ3v) is 2.89. The minimum atomic E-state index is -0.504. The van der Waals surface area contributed by atoms with Crippen molar-refractivity contribution in [3.8, 4) is 6.07 Å². The van der Waals surface area contributed by atoms with Crippen LogP contribution in [0.2, 0.25) is 0 Å². The van der Waals surface area contributed by atoms with Crippen LogP contribution in [0.3, 0.4) is 0 Å². The minimum Gasteiger partial charge on any atom is -0.393 e. The van der Waals surface area contributed by atoms with Gasteiger partial charge in [-0.3, -0.25) is 9.59 Å². The molecular formula is C13H13N3O3. The van der Waals surface area contributed by atoms with Crippen LogP contribution in [0.5, 0.6) is 0 Å². The smallest absolute Gasteiger partial charge is 0.266 e. The number of aryl methyl sites for hydroxylation is 1. The Balaban J connectivity index is 2.58. The van der Waals surface area contributed by atoms with Gasteiger partial charge in [-0.05, 0) is 25.5 Å². The molecule has 19 heavy (non-hydrogen) atoms. The lowest BCUT2D eigenvalue weighted by molar-refractivity contribution is 0.177. The number of aromatic amines is 1. The first-order valence-electron chi connectivity index (χ1n) is 5.87. The topological polar surface area (TPSA) is 98.9 Å². The van der Waals surface area contributed by atoms with Crippen LogP contribution in [-0.4, -0.2) is 20.8 Å². The standard InChI is InChI=1S/C13H13N3O3/c1-8(17)2-4-16-5-3-11-10(13(16)19)6-9(7-14)12(18)15-11/h3,5-6,8,17H,2,4H2,1H3,(H,15,18)/t8-/m0/s1. The number of nitrogens with one attached hydrogen (secondary N) is 1. The first-order valence-corrected chi connectivity index (χ1v) is 5.87. The van der Waals surface area contributed by atoms with E-state index in [4.69, 9.17) is 5.26 Å². The Kier molecular flexibility index (Phi) is 3.49. The quantitative estimate of drug-likeness (QED) is 0.829. The van der Waals surface area contributed by atoms with Gasteiger partial charge in [0, 0.05) is 12.7 Å². The molecule has 0 amide bonds. The normalized spacial score (nSPS) is 12.3. The minimum absolute atomic E-state index is 0.0853. The van der Waals surface area contributed by atoms with Gasteiger partial charge in [0.2, 0.25) is 0 Å². The Hall–Kier alpha value is -2.39. The summed E-state index contributed by atoms with van der Waals surface area (Å²) >= 11 is 0. The number of hydrogen-bond acceptors (Lipinski definition) is 4. The molecule has 2 aromatic heterocycles. The Bertz CT molecular complexity index is 765. The van der Waals surface area contributed by atoms with Gasteiger partial charge in [0.15, 0.2) is 0 Å². The molecule has 0 aliphatic carbocycles. The fourth-order valence-corrected chi connectivity index (χ4v) is 1.82. The highest BCUT2D eigenvalue weighted by atomic mass is 16.3. The monoisotopic (exact) mass is 259 g/mol. The summed E-state index contributed by atoms with van der Waals surface area (Å²) in [5, 5.41) is 18.3.